The standard InChI is InChI=1S/C25H27FN4O2/c1-3-23-22(16-27-30(23)21-10-4-17(2)5-11-21)25(32)29-14-12-20(13-15-29)28-24(31)18-6-8-19(26)9-7-18/h4-11,16,20H,3,12-15H2,1-2H3,(H,28,31). The Bertz CT molecular complexity index is 1100. The molecule has 2 aromatic carbocycles. The fourth-order valence-electron chi connectivity index (χ4n) is 4.07. The molecule has 32 heavy (non-hydrogen) atoms. The molecule has 1 fully saturated rings. The first kappa shape index (κ1) is 21.7. The largest absolute Gasteiger partial charge is 0.349 e. The van der Waals surface area contributed by atoms with E-state index in [0.29, 0.717) is 43.5 Å². The zero-order chi connectivity index (χ0) is 22.7. The van der Waals surface area contributed by atoms with Gasteiger partial charge in [-0.15, -0.1) is 0 Å². The van der Waals surface area contributed by atoms with Gasteiger partial charge in [-0.1, -0.05) is 24.6 Å². The average Bonchev–Trinajstić information content (AvgIpc) is 3.24. The molecule has 4 rings (SSSR count). The lowest BCUT2D eigenvalue weighted by Gasteiger charge is -2.32. The molecule has 2 amide bonds. The lowest BCUT2D eigenvalue weighted by atomic mass is 10.0. The van der Waals surface area contributed by atoms with Crippen LogP contribution in [0.1, 0.15) is 51.7 Å². The molecule has 0 radical (unpaired) electrons. The van der Waals surface area contributed by atoms with E-state index in [0.717, 1.165) is 11.4 Å². The van der Waals surface area contributed by atoms with Crippen LogP contribution < -0.4 is 5.32 Å². The summed E-state index contributed by atoms with van der Waals surface area (Å²) in [6, 6.07) is 13.6. The van der Waals surface area contributed by atoms with Gasteiger partial charge in [0.25, 0.3) is 11.8 Å². The number of nitrogens with one attached hydrogen (secondary N) is 1. The highest BCUT2D eigenvalue weighted by molar-refractivity contribution is 5.96. The second-order valence-corrected chi connectivity index (χ2v) is 8.15. The molecule has 1 aromatic heterocycles. The molecule has 0 saturated carbocycles. The van der Waals surface area contributed by atoms with Gasteiger partial charge in [0.05, 0.1) is 23.1 Å². The molecular weight excluding hydrogens is 407 g/mol. The molecule has 0 bridgehead atoms. The molecule has 1 aliphatic rings. The quantitative estimate of drug-likeness (QED) is 0.662. The van der Waals surface area contributed by atoms with Crippen molar-refractivity contribution in [3.05, 3.63) is 82.9 Å². The normalized spacial score (nSPS) is 14.4. The van der Waals surface area contributed by atoms with Crippen LogP contribution in [0.25, 0.3) is 5.69 Å². The van der Waals surface area contributed by atoms with Crippen molar-refractivity contribution in [2.24, 2.45) is 0 Å². The van der Waals surface area contributed by atoms with Crippen LogP contribution in [-0.4, -0.2) is 45.6 Å². The number of aromatic nitrogens is 2. The number of aryl methyl sites for hydroxylation is 1. The Labute approximate surface area is 187 Å². The van der Waals surface area contributed by atoms with Crippen LogP contribution in [-0.2, 0) is 6.42 Å². The monoisotopic (exact) mass is 434 g/mol. The zero-order valence-electron chi connectivity index (χ0n) is 18.3. The van der Waals surface area contributed by atoms with Gasteiger partial charge in [-0.25, -0.2) is 9.07 Å². The molecule has 1 saturated heterocycles. The minimum Gasteiger partial charge on any atom is -0.349 e. The van der Waals surface area contributed by atoms with E-state index >= 15 is 0 Å². The molecule has 1 aliphatic heterocycles. The maximum atomic E-state index is 13.2. The van der Waals surface area contributed by atoms with E-state index in [2.05, 4.69) is 10.4 Å². The topological polar surface area (TPSA) is 67.2 Å². The van der Waals surface area contributed by atoms with Gasteiger partial charge >= 0.3 is 0 Å². The van der Waals surface area contributed by atoms with Crippen molar-refractivity contribution in [1.29, 1.82) is 0 Å². The number of hydrogen-bond donors (Lipinski definition) is 1. The highest BCUT2D eigenvalue weighted by atomic mass is 19.1. The third-order valence-corrected chi connectivity index (χ3v) is 5.94. The summed E-state index contributed by atoms with van der Waals surface area (Å²) >= 11 is 0. The van der Waals surface area contributed by atoms with Crippen molar-refractivity contribution >= 4 is 11.8 Å². The number of rotatable bonds is 5. The highest BCUT2D eigenvalue weighted by Crippen LogP contribution is 2.20. The summed E-state index contributed by atoms with van der Waals surface area (Å²) in [5.41, 5.74) is 4.06. The Balaban J connectivity index is 1.40. The molecule has 6 nitrogen and oxygen atoms in total. The van der Waals surface area contributed by atoms with Crippen LogP contribution in [0.4, 0.5) is 4.39 Å². The van der Waals surface area contributed by atoms with Gasteiger partial charge in [-0.05, 0) is 62.6 Å². The van der Waals surface area contributed by atoms with E-state index in [-0.39, 0.29) is 23.7 Å². The third kappa shape index (κ3) is 4.56. The number of amides is 2. The van der Waals surface area contributed by atoms with Gasteiger partial charge in [-0.2, -0.15) is 5.10 Å². The molecule has 0 atom stereocenters. The third-order valence-electron chi connectivity index (χ3n) is 5.94. The molecule has 3 aromatic rings. The summed E-state index contributed by atoms with van der Waals surface area (Å²) in [5, 5.41) is 7.47. The number of carbonyl (C=O) groups is 2. The number of nitrogens with zero attached hydrogens (tertiary/aromatic N) is 3. The summed E-state index contributed by atoms with van der Waals surface area (Å²) in [4.78, 5) is 27.4. The molecular formula is C25H27FN4O2. The van der Waals surface area contributed by atoms with Crippen LogP contribution in [0, 0.1) is 12.7 Å². The maximum absolute atomic E-state index is 13.2. The SMILES string of the molecule is CCc1c(C(=O)N2CCC(NC(=O)c3ccc(F)cc3)CC2)cnn1-c1ccc(C)cc1. The lowest BCUT2D eigenvalue weighted by Crippen LogP contribution is -2.46. The Kier molecular flexibility index (Phi) is 6.35. The summed E-state index contributed by atoms with van der Waals surface area (Å²) in [7, 11) is 0. The Morgan fingerprint density at radius 3 is 2.34 bits per heavy atom. The van der Waals surface area contributed by atoms with E-state index in [4.69, 9.17) is 0 Å². The zero-order valence-corrected chi connectivity index (χ0v) is 18.3. The van der Waals surface area contributed by atoms with Gasteiger partial charge in [0, 0.05) is 24.7 Å². The minimum absolute atomic E-state index is 0.0162. The molecule has 0 spiro atoms. The van der Waals surface area contributed by atoms with Crippen molar-refractivity contribution in [2.75, 3.05) is 13.1 Å². The predicted molar refractivity (Wildman–Crippen MR) is 120 cm³/mol. The van der Waals surface area contributed by atoms with Gasteiger partial charge in [0.15, 0.2) is 0 Å². The van der Waals surface area contributed by atoms with Crippen LogP contribution in [0.3, 0.4) is 0 Å². The van der Waals surface area contributed by atoms with Crippen molar-refractivity contribution in [2.45, 2.75) is 39.2 Å². The number of halogens is 1. The Morgan fingerprint density at radius 2 is 1.72 bits per heavy atom. The van der Waals surface area contributed by atoms with Gasteiger partial charge < -0.3 is 10.2 Å². The lowest BCUT2D eigenvalue weighted by molar-refractivity contribution is 0.0697. The van der Waals surface area contributed by atoms with Crippen LogP contribution in [0.2, 0.25) is 0 Å². The summed E-state index contributed by atoms with van der Waals surface area (Å²) in [5.74, 6) is -0.614. The molecule has 7 heteroatoms. The summed E-state index contributed by atoms with van der Waals surface area (Å²) in [6.45, 7) is 5.18. The fraction of sp³-hybridized carbons (Fsp3) is 0.320. The van der Waals surface area contributed by atoms with Crippen molar-refractivity contribution in [1.82, 2.24) is 20.0 Å². The highest BCUT2D eigenvalue weighted by Gasteiger charge is 2.27. The van der Waals surface area contributed by atoms with Gasteiger partial charge in [-0.3, -0.25) is 9.59 Å². The van der Waals surface area contributed by atoms with Crippen LogP contribution >= 0.6 is 0 Å². The summed E-state index contributed by atoms with van der Waals surface area (Å²) in [6.07, 6.45) is 3.70. The van der Waals surface area contributed by atoms with E-state index in [1.54, 1.807) is 6.20 Å². The van der Waals surface area contributed by atoms with Crippen LogP contribution in [0.15, 0.2) is 54.7 Å². The van der Waals surface area contributed by atoms with E-state index in [1.165, 1.54) is 29.8 Å². The molecule has 166 valence electrons. The number of hydrogen-bond acceptors (Lipinski definition) is 3. The minimum atomic E-state index is -0.370. The second-order valence-electron chi connectivity index (χ2n) is 8.15. The first-order chi connectivity index (χ1) is 15.5. The molecule has 0 unspecified atom stereocenters. The maximum Gasteiger partial charge on any atom is 0.257 e. The number of carbonyl (C=O) groups excluding carboxylic acids is 2. The first-order valence-electron chi connectivity index (χ1n) is 11.0. The number of benzene rings is 2. The smallest absolute Gasteiger partial charge is 0.257 e. The molecule has 2 heterocycles. The van der Waals surface area contributed by atoms with E-state index in [1.807, 2.05) is 47.7 Å². The van der Waals surface area contributed by atoms with Gasteiger partial charge in [0.2, 0.25) is 0 Å². The number of likely N-dealkylation sites (tertiary alicyclic amines) is 1. The summed E-state index contributed by atoms with van der Waals surface area (Å²) < 4.78 is 14.9. The second kappa shape index (κ2) is 9.34. The Morgan fingerprint density at radius 1 is 1.06 bits per heavy atom. The van der Waals surface area contributed by atoms with Crippen LogP contribution in [0.5, 0.6) is 0 Å². The number of piperidine rings is 1. The fourth-order valence-corrected chi connectivity index (χ4v) is 4.07. The predicted octanol–water partition coefficient (Wildman–Crippen LogP) is 3.92. The molecule has 0 aliphatic carbocycles. The van der Waals surface area contributed by atoms with Crippen molar-refractivity contribution < 1.29 is 14.0 Å². The van der Waals surface area contributed by atoms with E-state index < -0.39 is 0 Å². The average molecular weight is 435 g/mol. The van der Waals surface area contributed by atoms with Crippen molar-refractivity contribution in [3.8, 4) is 5.69 Å². The van der Waals surface area contributed by atoms with E-state index in [9.17, 15) is 14.0 Å². The first-order valence-corrected chi connectivity index (χ1v) is 11.0. The molecule has 1 N–H and O–H groups in total. The Hall–Kier alpha value is -3.48. The van der Waals surface area contributed by atoms with Gasteiger partial charge in [0.1, 0.15) is 5.82 Å². The van der Waals surface area contributed by atoms with Crippen molar-refractivity contribution in [3.63, 3.8) is 0 Å².